The van der Waals surface area contributed by atoms with Crippen molar-refractivity contribution in [3.8, 4) is 39.9 Å². The summed E-state index contributed by atoms with van der Waals surface area (Å²) in [6, 6.07) is 9.00. The van der Waals surface area contributed by atoms with Gasteiger partial charge in [-0.05, 0) is 35.2 Å². The van der Waals surface area contributed by atoms with Crippen molar-refractivity contribution in [3.05, 3.63) is 41.5 Å². The molecule has 5 rings (SSSR count). The average molecular weight is 587 g/mol. The monoisotopic (exact) mass is 586 g/mol. The molecule has 0 saturated carbocycles. The molecule has 2 heterocycles. The number of carbonyl (C=O) groups is 1. The fourth-order valence-electron chi connectivity index (χ4n) is 5.42. The molecule has 3 aromatic rings. The van der Waals surface area contributed by atoms with Gasteiger partial charge in [0.15, 0.2) is 35.4 Å². The summed E-state index contributed by atoms with van der Waals surface area (Å²) in [6.07, 6.45) is -2.98. The molecule has 2 aliphatic heterocycles. The van der Waals surface area contributed by atoms with Gasteiger partial charge in [0, 0.05) is 45.0 Å². The predicted molar refractivity (Wildman–Crippen MR) is 149 cm³/mol. The smallest absolute Gasteiger partial charge is 0.339 e. The summed E-state index contributed by atoms with van der Waals surface area (Å²) >= 11 is 0. The zero-order valence-corrected chi connectivity index (χ0v) is 24.5. The normalized spacial score (nSPS) is 21.0. The van der Waals surface area contributed by atoms with Crippen molar-refractivity contribution in [2.45, 2.75) is 31.4 Å². The quantitative estimate of drug-likeness (QED) is 0.303. The second kappa shape index (κ2) is 12.6. The molecule has 0 bridgehead atoms. The number of fused-ring (bicyclic) bond motifs is 2. The van der Waals surface area contributed by atoms with Crippen molar-refractivity contribution >= 4 is 16.7 Å². The molecule has 0 radical (unpaired) electrons. The van der Waals surface area contributed by atoms with E-state index in [-0.39, 0.29) is 19.0 Å². The minimum atomic E-state index is -0.973. The van der Waals surface area contributed by atoms with Gasteiger partial charge in [0.2, 0.25) is 13.1 Å². The largest absolute Gasteiger partial charge is 0.493 e. The topological polar surface area (TPSA) is 119 Å². The third-order valence-electron chi connectivity index (χ3n) is 7.34. The second-order valence-corrected chi connectivity index (χ2v) is 9.43. The van der Waals surface area contributed by atoms with Gasteiger partial charge in [0.25, 0.3) is 0 Å². The van der Waals surface area contributed by atoms with Crippen LogP contribution in [-0.2, 0) is 35.0 Å². The highest BCUT2D eigenvalue weighted by molar-refractivity contribution is 6.13. The van der Waals surface area contributed by atoms with E-state index in [1.807, 2.05) is 12.1 Å². The molecule has 0 aliphatic carbocycles. The van der Waals surface area contributed by atoms with E-state index in [0.717, 1.165) is 0 Å². The van der Waals surface area contributed by atoms with Crippen LogP contribution in [0.3, 0.4) is 0 Å². The number of benzene rings is 3. The Labute approximate surface area is 243 Å². The van der Waals surface area contributed by atoms with E-state index in [2.05, 4.69) is 0 Å². The van der Waals surface area contributed by atoms with Crippen LogP contribution in [0.2, 0.25) is 0 Å². The van der Waals surface area contributed by atoms with E-state index in [1.54, 1.807) is 18.2 Å². The third-order valence-corrected chi connectivity index (χ3v) is 7.34. The summed E-state index contributed by atoms with van der Waals surface area (Å²) in [7, 11) is 10.5. The van der Waals surface area contributed by atoms with Crippen LogP contribution in [0.4, 0.5) is 0 Å². The Hall–Kier alpha value is -3.81. The van der Waals surface area contributed by atoms with E-state index < -0.39 is 30.8 Å². The van der Waals surface area contributed by atoms with Gasteiger partial charge in [-0.15, -0.1) is 0 Å². The van der Waals surface area contributed by atoms with E-state index in [4.69, 9.17) is 52.1 Å². The molecule has 2 aliphatic rings. The first-order valence-corrected chi connectivity index (χ1v) is 13.1. The van der Waals surface area contributed by atoms with Crippen molar-refractivity contribution in [1.29, 1.82) is 0 Å². The van der Waals surface area contributed by atoms with Gasteiger partial charge in [-0.25, -0.2) is 4.79 Å². The van der Waals surface area contributed by atoms with Crippen LogP contribution >= 0.6 is 0 Å². The number of rotatable bonds is 11. The summed E-state index contributed by atoms with van der Waals surface area (Å²) in [4.78, 5) is 13.6. The summed E-state index contributed by atoms with van der Waals surface area (Å²) < 4.78 is 62.8. The first-order chi connectivity index (χ1) is 20.4. The Morgan fingerprint density at radius 2 is 1.48 bits per heavy atom. The number of hydrogen-bond donors (Lipinski definition) is 0. The number of ether oxygens (including phenoxy) is 11. The van der Waals surface area contributed by atoms with Crippen LogP contribution in [0.5, 0.6) is 28.7 Å². The van der Waals surface area contributed by atoms with E-state index in [9.17, 15) is 4.79 Å². The zero-order valence-electron chi connectivity index (χ0n) is 24.5. The first-order valence-electron chi connectivity index (χ1n) is 13.1. The van der Waals surface area contributed by atoms with Crippen LogP contribution in [-0.4, -0.2) is 87.3 Å². The molecule has 1 saturated heterocycles. The lowest BCUT2D eigenvalue weighted by Gasteiger charge is -2.26. The van der Waals surface area contributed by atoms with Gasteiger partial charge in [0.1, 0.15) is 11.9 Å². The Kier molecular flexibility index (Phi) is 8.90. The molecule has 226 valence electrons. The van der Waals surface area contributed by atoms with Crippen LogP contribution in [0.25, 0.3) is 21.9 Å². The standard InChI is InChI=1S/C30H34O12/c1-32-13-18-24(28(31)37-6)23(15-8-9-19-22(10-15)40-14-39-19)16-11-20(33-2)21(34-3)12-17(16)25(18)41-30-27(36-5)26(35-4)29(38-7)42-30/h8-12,26-27,29-30H,13-14H2,1-7H3/t26?,27-,29?,30?/m0/s1. The molecule has 42 heavy (non-hydrogen) atoms. The highest BCUT2D eigenvalue weighted by atomic mass is 16.8. The third kappa shape index (κ3) is 5.05. The van der Waals surface area contributed by atoms with Gasteiger partial charge in [-0.2, -0.15) is 0 Å². The van der Waals surface area contributed by atoms with Gasteiger partial charge < -0.3 is 52.1 Å². The lowest BCUT2D eigenvalue weighted by atomic mass is 9.88. The van der Waals surface area contributed by atoms with Crippen molar-refractivity contribution in [2.75, 3.05) is 56.6 Å². The molecule has 0 aromatic heterocycles. The van der Waals surface area contributed by atoms with Crippen LogP contribution in [0.1, 0.15) is 15.9 Å². The Morgan fingerprint density at radius 1 is 0.810 bits per heavy atom. The highest BCUT2D eigenvalue weighted by Crippen LogP contribution is 2.48. The minimum Gasteiger partial charge on any atom is -0.493 e. The SMILES string of the molecule is COCc1c(C(=O)OC)c(-c2ccc3c(c2)OCO3)c2cc(OC)c(OC)cc2c1OC1OC(OC)C(OC)[C@@H]1OC. The maximum absolute atomic E-state index is 13.6. The van der Waals surface area contributed by atoms with Gasteiger partial charge in [-0.1, -0.05) is 6.07 Å². The number of esters is 1. The first kappa shape index (κ1) is 29.7. The van der Waals surface area contributed by atoms with Crippen LogP contribution in [0, 0.1) is 0 Å². The predicted octanol–water partition coefficient (Wildman–Crippen LogP) is 3.92. The van der Waals surface area contributed by atoms with Crippen molar-refractivity contribution in [2.24, 2.45) is 0 Å². The van der Waals surface area contributed by atoms with E-state index in [0.29, 0.717) is 56.2 Å². The molecular weight excluding hydrogens is 552 g/mol. The highest BCUT2D eigenvalue weighted by Gasteiger charge is 2.48. The minimum absolute atomic E-state index is 0.00656. The number of hydrogen-bond acceptors (Lipinski definition) is 12. The van der Waals surface area contributed by atoms with Gasteiger partial charge >= 0.3 is 5.97 Å². The molecular formula is C30H34O12. The molecule has 0 spiro atoms. The molecule has 3 unspecified atom stereocenters. The average Bonchev–Trinajstić information content (AvgIpc) is 3.63. The fraction of sp³-hybridized carbons (Fsp3) is 0.433. The summed E-state index contributed by atoms with van der Waals surface area (Å²) in [5.74, 6) is 1.74. The lowest BCUT2D eigenvalue weighted by molar-refractivity contribution is -0.188. The van der Waals surface area contributed by atoms with Gasteiger partial charge in [0.05, 0.1) is 33.5 Å². The zero-order chi connectivity index (χ0) is 30.0. The van der Waals surface area contributed by atoms with Crippen LogP contribution < -0.4 is 23.7 Å². The molecule has 0 N–H and O–H groups in total. The van der Waals surface area contributed by atoms with Gasteiger partial charge in [-0.3, -0.25) is 0 Å². The molecule has 12 nitrogen and oxygen atoms in total. The Balaban J connectivity index is 1.84. The summed E-state index contributed by atoms with van der Waals surface area (Å²) in [5.41, 5.74) is 1.87. The van der Waals surface area contributed by atoms with Crippen LogP contribution in [0.15, 0.2) is 30.3 Å². The molecule has 12 heteroatoms. The molecule has 0 amide bonds. The Morgan fingerprint density at radius 3 is 2.10 bits per heavy atom. The maximum atomic E-state index is 13.6. The van der Waals surface area contributed by atoms with Crippen molar-refractivity contribution in [3.63, 3.8) is 0 Å². The molecule has 1 fully saturated rings. The van der Waals surface area contributed by atoms with Crippen molar-refractivity contribution in [1.82, 2.24) is 0 Å². The maximum Gasteiger partial charge on any atom is 0.339 e. The number of methoxy groups -OCH3 is 7. The van der Waals surface area contributed by atoms with Crippen molar-refractivity contribution < 1.29 is 56.9 Å². The molecule has 4 atom stereocenters. The fourth-order valence-corrected chi connectivity index (χ4v) is 5.42. The van der Waals surface area contributed by atoms with E-state index >= 15 is 0 Å². The number of carbonyl (C=O) groups excluding carboxylic acids is 1. The lowest BCUT2D eigenvalue weighted by Crippen LogP contribution is -2.38. The summed E-state index contributed by atoms with van der Waals surface area (Å²) in [5, 5.41) is 1.20. The Bertz CT molecular complexity index is 1450. The van der Waals surface area contributed by atoms with E-state index in [1.165, 1.54) is 49.8 Å². The molecule has 3 aromatic carbocycles. The second-order valence-electron chi connectivity index (χ2n) is 9.43. The summed E-state index contributed by atoms with van der Waals surface area (Å²) in [6.45, 7) is 0.0937.